The van der Waals surface area contributed by atoms with Gasteiger partial charge >= 0.3 is 6.18 Å². The molecular formula is C15H17F3N2O2. The monoisotopic (exact) mass is 314 g/mol. The summed E-state index contributed by atoms with van der Waals surface area (Å²) in [6, 6.07) is 7.27. The fourth-order valence-electron chi connectivity index (χ4n) is 3.28. The second-order valence-electron chi connectivity index (χ2n) is 5.82. The van der Waals surface area contributed by atoms with Crippen molar-refractivity contribution >= 4 is 5.91 Å². The number of alkyl halides is 3. The molecular weight excluding hydrogens is 297 g/mol. The molecule has 1 aliphatic heterocycles. The first-order chi connectivity index (χ1) is 10.3. The SMILES string of the molecule is O=C1CN([C@@H]2Cc3ccccc3[C@H]2O)CCN1CC(F)(F)F. The van der Waals surface area contributed by atoms with Crippen molar-refractivity contribution < 1.29 is 23.1 Å². The van der Waals surface area contributed by atoms with Gasteiger partial charge in [-0.25, -0.2) is 0 Å². The molecule has 0 saturated carbocycles. The minimum atomic E-state index is -4.37. The van der Waals surface area contributed by atoms with Crippen LogP contribution in [0.3, 0.4) is 0 Å². The molecule has 1 fully saturated rings. The molecule has 1 aliphatic carbocycles. The number of aliphatic hydroxyl groups excluding tert-OH is 1. The molecule has 1 amide bonds. The Morgan fingerprint density at radius 1 is 1.23 bits per heavy atom. The molecule has 7 heteroatoms. The molecule has 1 heterocycles. The predicted molar refractivity (Wildman–Crippen MR) is 73.1 cm³/mol. The molecule has 120 valence electrons. The zero-order valence-corrected chi connectivity index (χ0v) is 11.9. The first-order valence-corrected chi connectivity index (χ1v) is 7.19. The molecule has 0 spiro atoms. The van der Waals surface area contributed by atoms with Crippen LogP contribution in [-0.2, 0) is 11.2 Å². The highest BCUT2D eigenvalue weighted by Crippen LogP contribution is 2.34. The summed E-state index contributed by atoms with van der Waals surface area (Å²) in [4.78, 5) is 14.6. The molecule has 0 unspecified atom stereocenters. The molecule has 0 radical (unpaired) electrons. The second kappa shape index (κ2) is 5.55. The third kappa shape index (κ3) is 2.96. The van der Waals surface area contributed by atoms with Gasteiger partial charge in [-0.05, 0) is 17.5 Å². The fraction of sp³-hybridized carbons (Fsp3) is 0.533. The van der Waals surface area contributed by atoms with Gasteiger partial charge in [0.15, 0.2) is 0 Å². The van der Waals surface area contributed by atoms with Gasteiger partial charge in [-0.1, -0.05) is 24.3 Å². The van der Waals surface area contributed by atoms with Crippen molar-refractivity contribution in [2.75, 3.05) is 26.2 Å². The van der Waals surface area contributed by atoms with Crippen LogP contribution in [0.1, 0.15) is 17.2 Å². The van der Waals surface area contributed by atoms with Crippen molar-refractivity contribution in [2.45, 2.75) is 24.7 Å². The van der Waals surface area contributed by atoms with Gasteiger partial charge in [0.1, 0.15) is 6.54 Å². The maximum Gasteiger partial charge on any atom is 0.406 e. The van der Waals surface area contributed by atoms with Crippen LogP contribution in [0.15, 0.2) is 24.3 Å². The van der Waals surface area contributed by atoms with E-state index >= 15 is 0 Å². The topological polar surface area (TPSA) is 43.8 Å². The Morgan fingerprint density at radius 2 is 1.95 bits per heavy atom. The van der Waals surface area contributed by atoms with E-state index in [9.17, 15) is 23.1 Å². The standard InChI is InChI=1S/C15H17F3N2O2/c16-15(17,18)9-20-6-5-19(8-13(20)21)12-7-10-3-1-2-4-11(10)14(12)22/h1-4,12,14,22H,5-9H2/t12-,14-/m1/s1. The summed E-state index contributed by atoms with van der Waals surface area (Å²) in [5, 5.41) is 10.4. The number of carbonyl (C=O) groups is 1. The third-order valence-corrected chi connectivity index (χ3v) is 4.35. The molecule has 0 bridgehead atoms. The van der Waals surface area contributed by atoms with Gasteiger partial charge in [-0.3, -0.25) is 9.69 Å². The van der Waals surface area contributed by atoms with Crippen LogP contribution < -0.4 is 0 Å². The second-order valence-corrected chi connectivity index (χ2v) is 5.82. The zero-order valence-electron chi connectivity index (χ0n) is 11.9. The molecule has 2 aliphatic rings. The zero-order chi connectivity index (χ0) is 15.9. The number of hydrogen-bond acceptors (Lipinski definition) is 3. The van der Waals surface area contributed by atoms with Gasteiger partial charge in [0.25, 0.3) is 0 Å². The number of rotatable bonds is 2. The summed E-state index contributed by atoms with van der Waals surface area (Å²) < 4.78 is 37.2. The van der Waals surface area contributed by atoms with Crippen LogP contribution in [0.5, 0.6) is 0 Å². The summed E-state index contributed by atoms with van der Waals surface area (Å²) in [6.07, 6.45) is -4.46. The third-order valence-electron chi connectivity index (χ3n) is 4.35. The van der Waals surface area contributed by atoms with Crippen LogP contribution in [0.4, 0.5) is 13.2 Å². The molecule has 0 aromatic heterocycles. The van der Waals surface area contributed by atoms with Crippen LogP contribution in [0.25, 0.3) is 0 Å². The number of amides is 1. The highest BCUT2D eigenvalue weighted by atomic mass is 19.4. The van der Waals surface area contributed by atoms with Crippen molar-refractivity contribution in [2.24, 2.45) is 0 Å². The first kappa shape index (κ1) is 15.3. The summed E-state index contributed by atoms with van der Waals surface area (Å²) in [5.41, 5.74) is 1.88. The van der Waals surface area contributed by atoms with Gasteiger partial charge in [-0.15, -0.1) is 0 Å². The predicted octanol–water partition coefficient (Wildman–Crippen LogP) is 1.35. The van der Waals surface area contributed by atoms with Crippen molar-refractivity contribution in [1.29, 1.82) is 0 Å². The van der Waals surface area contributed by atoms with Crippen molar-refractivity contribution in [3.05, 3.63) is 35.4 Å². The van der Waals surface area contributed by atoms with Gasteiger partial charge in [0.2, 0.25) is 5.91 Å². The minimum absolute atomic E-state index is 0.0396. The number of piperazine rings is 1. The van der Waals surface area contributed by atoms with Gasteiger partial charge < -0.3 is 10.0 Å². The molecule has 22 heavy (non-hydrogen) atoms. The Kier molecular flexibility index (Phi) is 3.86. The molecule has 4 nitrogen and oxygen atoms in total. The summed E-state index contributed by atoms with van der Waals surface area (Å²) >= 11 is 0. The number of hydrogen-bond donors (Lipinski definition) is 1. The Hall–Kier alpha value is -1.60. The van der Waals surface area contributed by atoms with Crippen molar-refractivity contribution in [1.82, 2.24) is 9.80 Å². The van der Waals surface area contributed by atoms with Crippen molar-refractivity contribution in [3.8, 4) is 0 Å². The average molecular weight is 314 g/mol. The Bertz CT molecular complexity index is 576. The Balaban J connectivity index is 1.66. The first-order valence-electron chi connectivity index (χ1n) is 7.19. The number of nitrogens with zero attached hydrogens (tertiary/aromatic N) is 2. The van der Waals surface area contributed by atoms with Crippen LogP contribution >= 0.6 is 0 Å². The van der Waals surface area contributed by atoms with Crippen molar-refractivity contribution in [3.63, 3.8) is 0 Å². The lowest BCUT2D eigenvalue weighted by Crippen LogP contribution is -2.56. The smallest absolute Gasteiger partial charge is 0.387 e. The number of benzene rings is 1. The molecule has 3 rings (SSSR count). The van der Waals surface area contributed by atoms with Gasteiger partial charge in [-0.2, -0.15) is 13.2 Å². The van der Waals surface area contributed by atoms with E-state index in [4.69, 9.17) is 0 Å². The van der Waals surface area contributed by atoms with E-state index in [1.54, 1.807) is 4.90 Å². The molecule has 1 aromatic carbocycles. The van der Waals surface area contributed by atoms with Crippen LogP contribution in [-0.4, -0.2) is 59.2 Å². The number of carbonyl (C=O) groups excluding carboxylic acids is 1. The van der Waals surface area contributed by atoms with E-state index in [-0.39, 0.29) is 19.1 Å². The minimum Gasteiger partial charge on any atom is -0.387 e. The lowest BCUT2D eigenvalue weighted by Gasteiger charge is -2.38. The highest BCUT2D eigenvalue weighted by Gasteiger charge is 2.40. The molecule has 1 N–H and O–H groups in total. The van der Waals surface area contributed by atoms with Crippen LogP contribution in [0.2, 0.25) is 0 Å². The van der Waals surface area contributed by atoms with Gasteiger partial charge in [0.05, 0.1) is 12.6 Å². The van der Waals surface area contributed by atoms with E-state index in [0.717, 1.165) is 16.0 Å². The highest BCUT2D eigenvalue weighted by molar-refractivity contribution is 5.79. The number of aliphatic hydroxyl groups is 1. The molecule has 2 atom stereocenters. The quantitative estimate of drug-likeness (QED) is 0.896. The lowest BCUT2D eigenvalue weighted by molar-refractivity contribution is -0.167. The van der Waals surface area contributed by atoms with E-state index in [2.05, 4.69) is 0 Å². The van der Waals surface area contributed by atoms with Gasteiger partial charge in [0, 0.05) is 19.1 Å². The Labute approximate surface area is 126 Å². The maximum absolute atomic E-state index is 12.4. The summed E-state index contributed by atoms with van der Waals surface area (Å²) in [6.45, 7) is -0.894. The summed E-state index contributed by atoms with van der Waals surface area (Å²) in [7, 11) is 0. The van der Waals surface area contributed by atoms with E-state index < -0.39 is 24.7 Å². The normalized spacial score (nSPS) is 26.4. The number of fused-ring (bicyclic) bond motifs is 1. The Morgan fingerprint density at radius 3 is 2.59 bits per heavy atom. The van der Waals surface area contributed by atoms with E-state index in [0.29, 0.717) is 13.0 Å². The fourth-order valence-corrected chi connectivity index (χ4v) is 3.28. The molecule has 1 saturated heterocycles. The van der Waals surface area contributed by atoms with Crippen LogP contribution in [0, 0.1) is 0 Å². The largest absolute Gasteiger partial charge is 0.406 e. The lowest BCUT2D eigenvalue weighted by atomic mass is 10.1. The van der Waals surface area contributed by atoms with E-state index in [1.165, 1.54) is 0 Å². The summed E-state index contributed by atoms with van der Waals surface area (Å²) in [5.74, 6) is -0.535. The maximum atomic E-state index is 12.4. The van der Waals surface area contributed by atoms with E-state index in [1.807, 2.05) is 24.3 Å². The number of halogens is 3. The average Bonchev–Trinajstić information content (AvgIpc) is 2.78. The molecule has 1 aromatic rings.